The Hall–Kier alpha value is -1.44. The topological polar surface area (TPSA) is 49.3 Å². The predicted molar refractivity (Wildman–Crippen MR) is 79.3 cm³/mol. The van der Waals surface area contributed by atoms with Gasteiger partial charge in [-0.2, -0.15) is 0 Å². The maximum Gasteiger partial charge on any atom is 0.237 e. The second-order valence-corrected chi connectivity index (χ2v) is 5.79. The molecule has 1 aliphatic heterocycles. The van der Waals surface area contributed by atoms with E-state index in [-0.39, 0.29) is 17.8 Å². The molecule has 0 radical (unpaired) electrons. The Morgan fingerprint density at radius 2 is 2.42 bits per heavy atom. The van der Waals surface area contributed by atoms with Gasteiger partial charge in [0.25, 0.3) is 0 Å². The molecule has 1 aliphatic rings. The van der Waals surface area contributed by atoms with Gasteiger partial charge < -0.3 is 10.4 Å². The molecule has 2 N–H and O–H groups in total. The molecule has 1 aromatic carbocycles. The molecule has 0 bridgehead atoms. The van der Waals surface area contributed by atoms with Crippen molar-refractivity contribution in [2.45, 2.75) is 25.0 Å². The number of carbonyl (C=O) groups excluding carboxylic acids is 1. The Morgan fingerprint density at radius 3 is 3.05 bits per heavy atom. The highest BCUT2D eigenvalue weighted by atomic mass is 32.2. The van der Waals surface area contributed by atoms with Crippen LogP contribution >= 0.6 is 11.8 Å². The maximum absolute atomic E-state index is 12.0. The fourth-order valence-corrected chi connectivity index (χ4v) is 3.19. The molecule has 1 atom stereocenters. The van der Waals surface area contributed by atoms with Gasteiger partial charge in [-0.3, -0.25) is 4.79 Å². The Kier molecular flexibility index (Phi) is 4.89. The summed E-state index contributed by atoms with van der Waals surface area (Å²) in [4.78, 5) is 12.0. The molecule has 1 unspecified atom stereocenters. The van der Waals surface area contributed by atoms with E-state index in [2.05, 4.69) is 17.2 Å². The van der Waals surface area contributed by atoms with Crippen molar-refractivity contribution in [2.24, 2.45) is 0 Å². The van der Waals surface area contributed by atoms with Gasteiger partial charge in [0, 0.05) is 11.3 Å². The second kappa shape index (κ2) is 6.65. The molecule has 1 aromatic rings. The minimum absolute atomic E-state index is 0.0918. The summed E-state index contributed by atoms with van der Waals surface area (Å²) in [6, 6.07) is 5.64. The fraction of sp³-hybridized carbons (Fsp3) is 0.400. The molecular formula is C15H17NO2S. The number of rotatable bonds is 2. The second-order valence-electron chi connectivity index (χ2n) is 4.48. The Labute approximate surface area is 117 Å². The van der Waals surface area contributed by atoms with Crippen LogP contribution in [0.4, 0.5) is 5.69 Å². The molecule has 100 valence electrons. The number of nitrogens with one attached hydrogen (secondary N) is 1. The fourth-order valence-electron chi connectivity index (χ4n) is 2.02. The lowest BCUT2D eigenvalue weighted by molar-refractivity contribution is -0.115. The average molecular weight is 275 g/mol. The van der Waals surface area contributed by atoms with Crippen LogP contribution < -0.4 is 5.32 Å². The molecule has 1 saturated heterocycles. The zero-order chi connectivity index (χ0) is 13.7. The molecule has 1 fully saturated rings. The minimum Gasteiger partial charge on any atom is -0.384 e. The van der Waals surface area contributed by atoms with Crippen LogP contribution in [0.25, 0.3) is 0 Å². The Bertz CT molecular complexity index is 525. The van der Waals surface area contributed by atoms with Crippen molar-refractivity contribution in [2.75, 3.05) is 17.7 Å². The smallest absolute Gasteiger partial charge is 0.237 e. The zero-order valence-corrected chi connectivity index (χ0v) is 11.7. The average Bonchev–Trinajstić information content (AvgIpc) is 2.92. The van der Waals surface area contributed by atoms with Crippen molar-refractivity contribution in [1.82, 2.24) is 0 Å². The van der Waals surface area contributed by atoms with Crippen LogP contribution in [0.3, 0.4) is 0 Å². The van der Waals surface area contributed by atoms with E-state index >= 15 is 0 Å². The number of aliphatic hydroxyl groups excluding tert-OH is 1. The van der Waals surface area contributed by atoms with Crippen molar-refractivity contribution in [3.63, 3.8) is 0 Å². The first-order valence-corrected chi connectivity index (χ1v) is 7.38. The van der Waals surface area contributed by atoms with Crippen molar-refractivity contribution < 1.29 is 9.90 Å². The number of carbonyl (C=O) groups is 1. The number of hydrogen-bond acceptors (Lipinski definition) is 3. The Balaban J connectivity index is 2.05. The normalized spacial score (nSPS) is 17.7. The minimum atomic E-state index is -0.142. The van der Waals surface area contributed by atoms with Crippen molar-refractivity contribution in [3.8, 4) is 11.8 Å². The molecule has 0 aromatic heterocycles. The highest BCUT2D eigenvalue weighted by Gasteiger charge is 2.23. The van der Waals surface area contributed by atoms with Gasteiger partial charge in [-0.25, -0.2) is 0 Å². The van der Waals surface area contributed by atoms with Crippen LogP contribution in [0.2, 0.25) is 0 Å². The van der Waals surface area contributed by atoms with E-state index in [9.17, 15) is 4.79 Å². The van der Waals surface area contributed by atoms with Gasteiger partial charge in [-0.1, -0.05) is 11.8 Å². The summed E-state index contributed by atoms with van der Waals surface area (Å²) in [6.07, 6.45) is 2.09. The summed E-state index contributed by atoms with van der Waals surface area (Å²) < 4.78 is 0. The molecule has 0 aliphatic carbocycles. The van der Waals surface area contributed by atoms with Gasteiger partial charge in [-0.05, 0) is 49.3 Å². The van der Waals surface area contributed by atoms with E-state index in [0.717, 1.165) is 35.4 Å². The van der Waals surface area contributed by atoms with Crippen LogP contribution in [0.1, 0.15) is 24.0 Å². The molecule has 2 rings (SSSR count). The quantitative estimate of drug-likeness (QED) is 0.813. The van der Waals surface area contributed by atoms with Gasteiger partial charge in [0.05, 0.1) is 5.25 Å². The van der Waals surface area contributed by atoms with E-state index in [1.165, 1.54) is 0 Å². The molecule has 4 heteroatoms. The lowest BCUT2D eigenvalue weighted by Crippen LogP contribution is -2.22. The van der Waals surface area contributed by atoms with E-state index in [1.54, 1.807) is 11.8 Å². The molecule has 1 amide bonds. The third-order valence-corrected chi connectivity index (χ3v) is 4.39. The Morgan fingerprint density at radius 1 is 1.58 bits per heavy atom. The summed E-state index contributed by atoms with van der Waals surface area (Å²) in [5.41, 5.74) is 2.68. The summed E-state index contributed by atoms with van der Waals surface area (Å²) in [7, 11) is 0. The van der Waals surface area contributed by atoms with Gasteiger partial charge in [-0.15, -0.1) is 11.8 Å². The maximum atomic E-state index is 12.0. The number of anilines is 1. The SMILES string of the molecule is Cc1cc(NC(=O)C2CCCS2)ccc1C#CCO. The molecule has 0 spiro atoms. The molecule has 0 saturated carbocycles. The predicted octanol–water partition coefficient (Wildman–Crippen LogP) is 2.17. The summed E-state index contributed by atoms with van der Waals surface area (Å²) in [6.45, 7) is 1.80. The molecule has 1 heterocycles. The largest absolute Gasteiger partial charge is 0.384 e. The van der Waals surface area contributed by atoms with Gasteiger partial charge in [0.2, 0.25) is 5.91 Å². The zero-order valence-electron chi connectivity index (χ0n) is 10.9. The van der Waals surface area contributed by atoms with Crippen LogP contribution in [0, 0.1) is 18.8 Å². The highest BCUT2D eigenvalue weighted by molar-refractivity contribution is 8.00. The number of thioether (sulfide) groups is 1. The number of benzene rings is 1. The van der Waals surface area contributed by atoms with E-state index in [4.69, 9.17) is 5.11 Å². The number of aliphatic hydroxyl groups is 1. The first-order chi connectivity index (χ1) is 9.20. The van der Waals surface area contributed by atoms with Gasteiger partial charge >= 0.3 is 0 Å². The number of aryl methyl sites for hydroxylation is 1. The number of hydrogen-bond donors (Lipinski definition) is 2. The number of amides is 1. The van der Waals surface area contributed by atoms with Crippen molar-refractivity contribution >= 4 is 23.4 Å². The van der Waals surface area contributed by atoms with Crippen LogP contribution in [-0.2, 0) is 4.79 Å². The lowest BCUT2D eigenvalue weighted by atomic mass is 10.1. The van der Waals surface area contributed by atoms with E-state index in [1.807, 2.05) is 25.1 Å². The molecular weight excluding hydrogens is 258 g/mol. The first-order valence-electron chi connectivity index (χ1n) is 6.33. The van der Waals surface area contributed by atoms with Crippen molar-refractivity contribution in [1.29, 1.82) is 0 Å². The third kappa shape index (κ3) is 3.76. The van der Waals surface area contributed by atoms with E-state index in [0.29, 0.717) is 0 Å². The van der Waals surface area contributed by atoms with E-state index < -0.39 is 0 Å². The molecule has 19 heavy (non-hydrogen) atoms. The standard InChI is InChI=1S/C15H17NO2S/c1-11-10-13(7-6-12(11)4-2-8-17)16-15(18)14-5-3-9-19-14/h6-7,10,14,17H,3,5,8-9H2,1H3,(H,16,18). The lowest BCUT2D eigenvalue weighted by Gasteiger charge is -2.11. The van der Waals surface area contributed by atoms with Crippen LogP contribution in [-0.4, -0.2) is 28.6 Å². The van der Waals surface area contributed by atoms with Gasteiger partial charge in [0.1, 0.15) is 6.61 Å². The summed E-state index contributed by atoms with van der Waals surface area (Å²) in [5, 5.41) is 11.7. The third-order valence-electron chi connectivity index (χ3n) is 3.02. The molecule has 3 nitrogen and oxygen atoms in total. The van der Waals surface area contributed by atoms with Crippen LogP contribution in [0.15, 0.2) is 18.2 Å². The first kappa shape index (κ1) is 14.0. The van der Waals surface area contributed by atoms with Gasteiger partial charge in [0.15, 0.2) is 0 Å². The van der Waals surface area contributed by atoms with Crippen molar-refractivity contribution in [3.05, 3.63) is 29.3 Å². The highest BCUT2D eigenvalue weighted by Crippen LogP contribution is 2.27. The summed E-state index contributed by atoms with van der Waals surface area (Å²) in [5.74, 6) is 6.68. The monoisotopic (exact) mass is 275 g/mol. The van der Waals surface area contributed by atoms with Crippen LogP contribution in [0.5, 0.6) is 0 Å². The summed E-state index contributed by atoms with van der Waals surface area (Å²) >= 11 is 1.73.